The SMILES string of the molecule is C[C@@H](N)c1cc(F)ccc1OC1(NC(=O)OC(C)(C)C)CCC1. The van der Waals surface area contributed by atoms with Crippen molar-refractivity contribution in [3.63, 3.8) is 0 Å². The second kappa shape index (κ2) is 6.35. The monoisotopic (exact) mass is 324 g/mol. The van der Waals surface area contributed by atoms with Crippen LogP contribution in [0.15, 0.2) is 18.2 Å². The molecule has 0 bridgehead atoms. The number of benzene rings is 1. The smallest absolute Gasteiger partial charge is 0.410 e. The van der Waals surface area contributed by atoms with Crippen LogP contribution in [0.1, 0.15) is 58.6 Å². The van der Waals surface area contributed by atoms with Crippen molar-refractivity contribution in [3.8, 4) is 5.75 Å². The Bertz CT molecular complexity index is 578. The fourth-order valence-corrected chi connectivity index (χ4v) is 2.42. The van der Waals surface area contributed by atoms with Crippen LogP contribution in [0.25, 0.3) is 0 Å². The Morgan fingerprint density at radius 3 is 2.52 bits per heavy atom. The molecule has 1 aliphatic rings. The summed E-state index contributed by atoms with van der Waals surface area (Å²) in [7, 11) is 0. The van der Waals surface area contributed by atoms with E-state index in [0.29, 0.717) is 24.2 Å². The predicted octanol–water partition coefficient (Wildman–Crippen LogP) is 3.63. The molecule has 1 aromatic carbocycles. The summed E-state index contributed by atoms with van der Waals surface area (Å²) >= 11 is 0. The lowest BCUT2D eigenvalue weighted by Gasteiger charge is -2.42. The van der Waals surface area contributed by atoms with Crippen LogP contribution in [0.5, 0.6) is 5.75 Å². The van der Waals surface area contributed by atoms with Crippen molar-refractivity contribution >= 4 is 6.09 Å². The number of alkyl carbamates (subject to hydrolysis) is 1. The molecule has 1 aromatic rings. The molecule has 128 valence electrons. The lowest BCUT2D eigenvalue weighted by molar-refractivity contribution is -0.0465. The minimum atomic E-state index is -0.816. The summed E-state index contributed by atoms with van der Waals surface area (Å²) in [4.78, 5) is 12.0. The molecule has 5 nitrogen and oxygen atoms in total. The molecule has 0 radical (unpaired) electrons. The zero-order chi connectivity index (χ0) is 17.3. The topological polar surface area (TPSA) is 73.6 Å². The van der Waals surface area contributed by atoms with Gasteiger partial charge in [-0.1, -0.05) is 0 Å². The van der Waals surface area contributed by atoms with Crippen LogP contribution in [-0.4, -0.2) is 17.4 Å². The maximum atomic E-state index is 13.4. The normalized spacial score (nSPS) is 17.8. The van der Waals surface area contributed by atoms with Crippen LogP contribution < -0.4 is 15.8 Å². The van der Waals surface area contributed by atoms with E-state index in [-0.39, 0.29) is 11.9 Å². The molecule has 1 saturated carbocycles. The minimum Gasteiger partial charge on any atom is -0.468 e. The summed E-state index contributed by atoms with van der Waals surface area (Å²) in [5.41, 5.74) is 5.06. The summed E-state index contributed by atoms with van der Waals surface area (Å²) < 4.78 is 24.7. The quantitative estimate of drug-likeness (QED) is 0.830. The van der Waals surface area contributed by atoms with E-state index in [0.717, 1.165) is 6.42 Å². The summed E-state index contributed by atoms with van der Waals surface area (Å²) in [5, 5.41) is 2.80. The molecule has 23 heavy (non-hydrogen) atoms. The van der Waals surface area contributed by atoms with E-state index in [2.05, 4.69) is 5.32 Å². The third kappa shape index (κ3) is 4.58. The molecule has 0 spiro atoms. The van der Waals surface area contributed by atoms with Crippen LogP contribution in [0, 0.1) is 5.82 Å². The molecule has 0 aliphatic heterocycles. The fraction of sp³-hybridized carbons (Fsp3) is 0.588. The number of ether oxygens (including phenoxy) is 2. The number of nitrogens with one attached hydrogen (secondary N) is 1. The fourth-order valence-electron chi connectivity index (χ4n) is 2.42. The van der Waals surface area contributed by atoms with E-state index in [1.807, 2.05) is 0 Å². The summed E-state index contributed by atoms with van der Waals surface area (Å²) in [5.74, 6) is 0.115. The van der Waals surface area contributed by atoms with Gasteiger partial charge in [-0.2, -0.15) is 0 Å². The first-order chi connectivity index (χ1) is 10.6. The Hall–Kier alpha value is -1.82. The van der Waals surface area contributed by atoms with Crippen molar-refractivity contribution in [2.45, 2.75) is 64.3 Å². The molecule has 2 rings (SSSR count). The van der Waals surface area contributed by atoms with Crippen molar-refractivity contribution < 1.29 is 18.7 Å². The van der Waals surface area contributed by atoms with E-state index in [1.54, 1.807) is 33.8 Å². The summed E-state index contributed by atoms with van der Waals surface area (Å²) in [6, 6.07) is 3.85. The highest BCUT2D eigenvalue weighted by Gasteiger charge is 2.42. The molecular weight excluding hydrogens is 299 g/mol. The number of amides is 1. The summed E-state index contributed by atoms with van der Waals surface area (Å²) in [6.07, 6.45) is 1.75. The Morgan fingerprint density at radius 2 is 2.04 bits per heavy atom. The van der Waals surface area contributed by atoms with Gasteiger partial charge in [-0.3, -0.25) is 5.32 Å². The van der Waals surface area contributed by atoms with Crippen LogP contribution in [0.4, 0.5) is 9.18 Å². The van der Waals surface area contributed by atoms with Crippen molar-refractivity contribution in [3.05, 3.63) is 29.6 Å². The molecule has 1 amide bonds. The van der Waals surface area contributed by atoms with Gasteiger partial charge in [-0.15, -0.1) is 0 Å². The highest BCUT2D eigenvalue weighted by atomic mass is 19.1. The Kier molecular flexibility index (Phi) is 4.84. The average Bonchev–Trinajstić information content (AvgIpc) is 2.35. The standard InChI is InChI=1S/C17H25FN2O3/c1-11(19)13-10-12(18)6-7-14(13)22-17(8-5-9-17)20-15(21)23-16(2,3)4/h6-7,10-11H,5,8-9,19H2,1-4H3,(H,20,21)/t11-/m1/s1. The average molecular weight is 324 g/mol. The predicted molar refractivity (Wildman–Crippen MR) is 85.6 cm³/mol. The molecule has 1 fully saturated rings. The zero-order valence-electron chi connectivity index (χ0n) is 14.1. The van der Waals surface area contributed by atoms with Crippen molar-refractivity contribution in [2.75, 3.05) is 0 Å². The van der Waals surface area contributed by atoms with Crippen LogP contribution in [-0.2, 0) is 4.74 Å². The Balaban J connectivity index is 2.15. The Morgan fingerprint density at radius 1 is 1.39 bits per heavy atom. The van der Waals surface area contributed by atoms with Gasteiger partial charge in [0.1, 0.15) is 17.2 Å². The Labute approximate surface area is 136 Å². The third-order valence-corrected chi connectivity index (χ3v) is 3.66. The first kappa shape index (κ1) is 17.5. The van der Waals surface area contributed by atoms with Crippen LogP contribution in [0.3, 0.4) is 0 Å². The van der Waals surface area contributed by atoms with Gasteiger partial charge >= 0.3 is 6.09 Å². The lowest BCUT2D eigenvalue weighted by atomic mass is 9.88. The number of carbonyl (C=O) groups is 1. The van der Waals surface area contributed by atoms with E-state index in [4.69, 9.17) is 15.2 Å². The van der Waals surface area contributed by atoms with Crippen molar-refractivity contribution in [1.29, 1.82) is 0 Å². The van der Waals surface area contributed by atoms with E-state index in [9.17, 15) is 9.18 Å². The molecule has 6 heteroatoms. The van der Waals surface area contributed by atoms with E-state index in [1.165, 1.54) is 12.1 Å². The lowest BCUT2D eigenvalue weighted by Crippen LogP contribution is -2.58. The number of rotatable bonds is 4. The van der Waals surface area contributed by atoms with Gasteiger partial charge in [-0.05, 0) is 52.3 Å². The maximum absolute atomic E-state index is 13.4. The van der Waals surface area contributed by atoms with Crippen molar-refractivity contribution in [2.24, 2.45) is 5.73 Å². The maximum Gasteiger partial charge on any atom is 0.410 e. The molecule has 1 atom stereocenters. The van der Waals surface area contributed by atoms with E-state index >= 15 is 0 Å². The molecule has 3 N–H and O–H groups in total. The highest BCUT2D eigenvalue weighted by Crippen LogP contribution is 2.37. The molecule has 1 aliphatic carbocycles. The minimum absolute atomic E-state index is 0.368. The van der Waals surface area contributed by atoms with Crippen LogP contribution >= 0.6 is 0 Å². The first-order valence-electron chi connectivity index (χ1n) is 7.85. The number of hydrogen-bond acceptors (Lipinski definition) is 4. The number of hydrogen-bond donors (Lipinski definition) is 2. The number of nitrogens with two attached hydrogens (primary N) is 1. The van der Waals surface area contributed by atoms with Gasteiger partial charge in [-0.25, -0.2) is 9.18 Å². The van der Waals surface area contributed by atoms with Gasteiger partial charge in [0.2, 0.25) is 0 Å². The second-order valence-corrected chi connectivity index (χ2v) is 7.05. The number of carbonyl (C=O) groups excluding carboxylic acids is 1. The highest BCUT2D eigenvalue weighted by molar-refractivity contribution is 5.68. The van der Waals surface area contributed by atoms with Crippen LogP contribution in [0.2, 0.25) is 0 Å². The summed E-state index contributed by atoms with van der Waals surface area (Å²) in [6.45, 7) is 7.16. The van der Waals surface area contributed by atoms with E-state index < -0.39 is 17.4 Å². The van der Waals surface area contributed by atoms with Gasteiger partial charge in [0.25, 0.3) is 0 Å². The molecule has 0 aromatic heterocycles. The number of halogens is 1. The third-order valence-electron chi connectivity index (χ3n) is 3.66. The van der Waals surface area contributed by atoms with Crippen molar-refractivity contribution in [1.82, 2.24) is 5.32 Å². The van der Waals surface area contributed by atoms with Gasteiger partial charge in [0.05, 0.1) is 0 Å². The molecule has 0 heterocycles. The second-order valence-electron chi connectivity index (χ2n) is 7.05. The largest absolute Gasteiger partial charge is 0.468 e. The van der Waals surface area contributed by atoms with Gasteiger partial charge in [0, 0.05) is 24.4 Å². The first-order valence-corrected chi connectivity index (χ1v) is 7.85. The van der Waals surface area contributed by atoms with Gasteiger partial charge in [0.15, 0.2) is 5.72 Å². The molecule has 0 unspecified atom stereocenters. The zero-order valence-corrected chi connectivity index (χ0v) is 14.1. The molecule has 0 saturated heterocycles. The molecular formula is C17H25FN2O3. The van der Waals surface area contributed by atoms with Gasteiger partial charge < -0.3 is 15.2 Å².